The van der Waals surface area contributed by atoms with E-state index in [2.05, 4.69) is 26.1 Å². The van der Waals surface area contributed by atoms with Crippen LogP contribution >= 0.6 is 0 Å². The number of hydrogen-bond donors (Lipinski definition) is 0. The highest BCUT2D eigenvalue weighted by molar-refractivity contribution is 5.62. The molecule has 6 heterocycles. The average molecular weight is 482 g/mol. The molecule has 9 nitrogen and oxygen atoms in total. The summed E-state index contributed by atoms with van der Waals surface area (Å²) in [5.74, 6) is 1.57. The molecule has 12 heteroatoms. The van der Waals surface area contributed by atoms with Crippen molar-refractivity contribution in [2.75, 3.05) is 22.9 Å². The second-order valence-electron chi connectivity index (χ2n) is 8.79. The van der Waals surface area contributed by atoms with Crippen LogP contribution in [0.4, 0.5) is 30.5 Å². The Morgan fingerprint density at radius 1 is 1.09 bits per heavy atom. The van der Waals surface area contributed by atoms with Crippen molar-refractivity contribution in [3.63, 3.8) is 0 Å². The predicted octanol–water partition coefficient (Wildman–Crippen LogP) is 3.11. The molecule has 0 spiro atoms. The molecule has 0 unspecified atom stereocenters. The van der Waals surface area contributed by atoms with Crippen LogP contribution in [-0.4, -0.2) is 42.5 Å². The minimum Gasteiger partial charge on any atom is -0.350 e. The molecular formula is C23H21F3N8O. The van der Waals surface area contributed by atoms with Gasteiger partial charge >= 0.3 is 6.18 Å². The molecule has 0 saturated carbocycles. The van der Waals surface area contributed by atoms with Gasteiger partial charge < -0.3 is 9.80 Å². The first kappa shape index (κ1) is 21.6. The summed E-state index contributed by atoms with van der Waals surface area (Å²) in [4.78, 5) is 24.9. The van der Waals surface area contributed by atoms with Crippen LogP contribution in [0.25, 0.3) is 5.65 Å². The molecule has 0 bridgehead atoms. The summed E-state index contributed by atoms with van der Waals surface area (Å²) >= 11 is 0. The second kappa shape index (κ2) is 7.79. The number of anilines is 3. The molecule has 0 amide bonds. The van der Waals surface area contributed by atoms with Gasteiger partial charge in [0, 0.05) is 50.4 Å². The van der Waals surface area contributed by atoms with Gasteiger partial charge in [0.05, 0.1) is 18.1 Å². The first-order valence-electron chi connectivity index (χ1n) is 11.3. The van der Waals surface area contributed by atoms with Gasteiger partial charge in [-0.05, 0) is 36.6 Å². The van der Waals surface area contributed by atoms with Crippen molar-refractivity contribution < 1.29 is 13.2 Å². The van der Waals surface area contributed by atoms with Crippen LogP contribution in [0.5, 0.6) is 0 Å². The molecule has 0 fully saturated rings. The minimum atomic E-state index is -4.70. The average Bonchev–Trinajstić information content (AvgIpc) is 3.31. The van der Waals surface area contributed by atoms with Crippen LogP contribution in [0.3, 0.4) is 0 Å². The highest BCUT2D eigenvalue weighted by atomic mass is 19.4. The van der Waals surface area contributed by atoms with Crippen molar-refractivity contribution in [2.24, 2.45) is 0 Å². The number of rotatable bonds is 2. The third kappa shape index (κ3) is 3.69. The molecule has 4 aromatic rings. The van der Waals surface area contributed by atoms with E-state index in [-0.39, 0.29) is 5.65 Å². The molecule has 0 radical (unpaired) electrons. The van der Waals surface area contributed by atoms with Crippen molar-refractivity contribution >= 4 is 23.0 Å². The number of aryl methyl sites for hydroxylation is 2. The SMILES string of the molecule is Cc1cc2nc(C(F)(F)F)cc(=O)n2nc1N1CCc2ncc(N3CCCn4nccc43)cc2C1. The molecule has 0 atom stereocenters. The van der Waals surface area contributed by atoms with Crippen LogP contribution in [0.1, 0.15) is 28.9 Å². The maximum Gasteiger partial charge on any atom is 0.433 e. The summed E-state index contributed by atoms with van der Waals surface area (Å²) in [5, 5.41) is 8.76. The molecule has 0 N–H and O–H groups in total. The largest absolute Gasteiger partial charge is 0.433 e. The van der Waals surface area contributed by atoms with Gasteiger partial charge in [-0.25, -0.2) is 9.67 Å². The number of nitrogens with zero attached hydrogens (tertiary/aromatic N) is 8. The number of hydrogen-bond acceptors (Lipinski definition) is 7. The fourth-order valence-electron chi connectivity index (χ4n) is 4.80. The summed E-state index contributed by atoms with van der Waals surface area (Å²) in [6.07, 6.45) is 0.654. The van der Waals surface area contributed by atoms with Crippen LogP contribution in [-0.2, 0) is 25.7 Å². The maximum atomic E-state index is 13.1. The van der Waals surface area contributed by atoms with Crippen molar-refractivity contribution in [1.82, 2.24) is 29.4 Å². The van der Waals surface area contributed by atoms with Crippen LogP contribution < -0.4 is 15.4 Å². The molecule has 180 valence electrons. The van der Waals surface area contributed by atoms with Crippen LogP contribution in [0.2, 0.25) is 0 Å². The van der Waals surface area contributed by atoms with Crippen molar-refractivity contribution in [3.05, 3.63) is 69.5 Å². The number of fused-ring (bicyclic) bond motifs is 3. The molecule has 2 aliphatic heterocycles. The van der Waals surface area contributed by atoms with E-state index in [9.17, 15) is 18.0 Å². The third-order valence-electron chi connectivity index (χ3n) is 6.46. The molecule has 0 aromatic carbocycles. The Kier molecular flexibility index (Phi) is 4.80. The second-order valence-corrected chi connectivity index (χ2v) is 8.79. The monoisotopic (exact) mass is 482 g/mol. The lowest BCUT2D eigenvalue weighted by molar-refractivity contribution is -0.141. The number of pyridine rings is 1. The Bertz CT molecular complexity index is 1510. The van der Waals surface area contributed by atoms with E-state index in [1.807, 2.05) is 21.8 Å². The van der Waals surface area contributed by atoms with Gasteiger partial charge in [0.25, 0.3) is 5.56 Å². The fraction of sp³-hybridized carbons (Fsp3) is 0.348. The van der Waals surface area contributed by atoms with Crippen LogP contribution in [0, 0.1) is 6.92 Å². The van der Waals surface area contributed by atoms with E-state index in [0.29, 0.717) is 37.0 Å². The molecule has 2 aliphatic rings. The summed E-state index contributed by atoms with van der Waals surface area (Å²) in [5.41, 5.74) is 1.45. The van der Waals surface area contributed by atoms with E-state index >= 15 is 0 Å². The third-order valence-corrected chi connectivity index (χ3v) is 6.46. The van der Waals surface area contributed by atoms with Crippen molar-refractivity contribution in [1.29, 1.82) is 0 Å². The van der Waals surface area contributed by atoms with E-state index in [1.54, 1.807) is 13.1 Å². The van der Waals surface area contributed by atoms with E-state index in [0.717, 1.165) is 46.8 Å². The Balaban J connectivity index is 1.34. The van der Waals surface area contributed by atoms with E-state index in [4.69, 9.17) is 4.98 Å². The van der Waals surface area contributed by atoms with Gasteiger partial charge in [-0.3, -0.25) is 9.78 Å². The van der Waals surface area contributed by atoms with Gasteiger partial charge in [0.15, 0.2) is 17.2 Å². The summed E-state index contributed by atoms with van der Waals surface area (Å²) in [6.45, 7) is 4.66. The summed E-state index contributed by atoms with van der Waals surface area (Å²) in [6, 6.07) is 6.06. The maximum absolute atomic E-state index is 13.1. The van der Waals surface area contributed by atoms with Gasteiger partial charge in [0.2, 0.25) is 0 Å². The summed E-state index contributed by atoms with van der Waals surface area (Å²) in [7, 11) is 0. The van der Waals surface area contributed by atoms with Crippen LogP contribution in [0.15, 0.2) is 41.5 Å². The van der Waals surface area contributed by atoms with Gasteiger partial charge in [-0.2, -0.15) is 22.8 Å². The molecule has 6 rings (SSSR count). The smallest absolute Gasteiger partial charge is 0.350 e. The summed E-state index contributed by atoms with van der Waals surface area (Å²) < 4.78 is 42.2. The normalized spacial score (nSPS) is 15.9. The van der Waals surface area contributed by atoms with Crippen molar-refractivity contribution in [3.8, 4) is 0 Å². The van der Waals surface area contributed by atoms with Gasteiger partial charge in [-0.1, -0.05) is 0 Å². The lowest BCUT2D eigenvalue weighted by atomic mass is 10.0. The van der Waals surface area contributed by atoms with E-state index in [1.165, 1.54) is 6.07 Å². The Morgan fingerprint density at radius 2 is 1.94 bits per heavy atom. The Hall–Kier alpha value is -3.96. The van der Waals surface area contributed by atoms with E-state index < -0.39 is 17.4 Å². The predicted molar refractivity (Wildman–Crippen MR) is 122 cm³/mol. The zero-order chi connectivity index (χ0) is 24.3. The molecule has 0 aliphatic carbocycles. The molecule has 35 heavy (non-hydrogen) atoms. The number of aromatic nitrogens is 6. The zero-order valence-electron chi connectivity index (χ0n) is 18.8. The lowest BCUT2D eigenvalue weighted by Gasteiger charge is -2.33. The molecular weight excluding hydrogens is 461 g/mol. The number of alkyl halides is 3. The quantitative estimate of drug-likeness (QED) is 0.434. The van der Waals surface area contributed by atoms with Gasteiger partial charge in [-0.15, -0.1) is 5.10 Å². The highest BCUT2D eigenvalue weighted by Crippen LogP contribution is 2.32. The van der Waals surface area contributed by atoms with Crippen molar-refractivity contribution in [2.45, 2.75) is 39.0 Å². The Labute approximate surface area is 197 Å². The highest BCUT2D eigenvalue weighted by Gasteiger charge is 2.34. The minimum absolute atomic E-state index is 0.130. The standard InChI is InChI=1S/C23H21F3N8O/c1-14-9-19-29-18(23(24,25)26)11-21(35)34(19)30-22(14)31-8-4-17-15(13-31)10-16(12-27-17)32-6-2-7-33-20(32)3-5-28-33/h3,5,9-12H,2,4,6-8,13H2,1H3. The first-order valence-corrected chi connectivity index (χ1v) is 11.3. The number of halogens is 3. The zero-order valence-corrected chi connectivity index (χ0v) is 18.8. The fourth-order valence-corrected chi connectivity index (χ4v) is 4.80. The molecule has 0 saturated heterocycles. The van der Waals surface area contributed by atoms with Gasteiger partial charge in [0.1, 0.15) is 5.82 Å². The lowest BCUT2D eigenvalue weighted by Crippen LogP contribution is -2.34. The molecule has 4 aromatic heterocycles. The topological polar surface area (TPSA) is 84.5 Å². The first-order chi connectivity index (χ1) is 16.8. The Morgan fingerprint density at radius 3 is 2.77 bits per heavy atom.